The van der Waals surface area contributed by atoms with E-state index in [1.807, 2.05) is 0 Å². The number of hydrogen-bond acceptors (Lipinski definition) is 4. The first-order valence-corrected chi connectivity index (χ1v) is 8.80. The standard InChI is InChI=1S/C17H15BrCl2N2O3/c18-11-2-4-12(5-3-11)25-9-15(23)16(21)17(24)22-8-10-1-6-13(19)14(20)7-10/h1-7,16H,8-9,21H2,(H,22,24). The van der Waals surface area contributed by atoms with Crippen LogP contribution in [0.2, 0.25) is 10.0 Å². The second-order valence-electron chi connectivity index (χ2n) is 5.15. The number of benzene rings is 2. The van der Waals surface area contributed by atoms with E-state index in [1.54, 1.807) is 42.5 Å². The number of halogens is 3. The number of nitrogens with two attached hydrogens (primary N) is 1. The first kappa shape index (κ1) is 19.7. The summed E-state index contributed by atoms with van der Waals surface area (Å²) in [5, 5.41) is 3.39. The summed E-state index contributed by atoms with van der Waals surface area (Å²) < 4.78 is 6.22. The summed E-state index contributed by atoms with van der Waals surface area (Å²) in [6.07, 6.45) is 0. The lowest BCUT2D eigenvalue weighted by Gasteiger charge is -2.12. The quantitative estimate of drug-likeness (QED) is 0.640. The molecule has 2 aromatic rings. The number of ether oxygens (including phenoxy) is 1. The minimum atomic E-state index is -1.31. The zero-order chi connectivity index (χ0) is 18.4. The number of ketones is 1. The normalized spacial score (nSPS) is 11.7. The lowest BCUT2D eigenvalue weighted by Crippen LogP contribution is -2.47. The maximum Gasteiger partial charge on any atom is 0.245 e. The molecule has 0 fully saturated rings. The van der Waals surface area contributed by atoms with Gasteiger partial charge in [-0.05, 0) is 42.0 Å². The lowest BCUT2D eigenvalue weighted by molar-refractivity contribution is -0.131. The fourth-order valence-electron chi connectivity index (χ4n) is 1.87. The summed E-state index contributed by atoms with van der Waals surface area (Å²) in [6.45, 7) is -0.104. The lowest BCUT2D eigenvalue weighted by atomic mass is 10.1. The van der Waals surface area contributed by atoms with Crippen molar-refractivity contribution in [1.82, 2.24) is 5.32 Å². The van der Waals surface area contributed by atoms with Gasteiger partial charge in [0.1, 0.15) is 18.4 Å². The van der Waals surface area contributed by atoms with E-state index in [-0.39, 0.29) is 13.2 Å². The highest BCUT2D eigenvalue weighted by Crippen LogP contribution is 2.22. The zero-order valence-electron chi connectivity index (χ0n) is 13.0. The van der Waals surface area contributed by atoms with Crippen molar-refractivity contribution in [3.63, 3.8) is 0 Å². The van der Waals surface area contributed by atoms with Gasteiger partial charge in [-0.1, -0.05) is 45.2 Å². The number of carbonyl (C=O) groups is 2. The van der Waals surface area contributed by atoms with Gasteiger partial charge in [0.05, 0.1) is 10.0 Å². The molecule has 0 radical (unpaired) electrons. The Labute approximate surface area is 163 Å². The molecule has 8 heteroatoms. The minimum absolute atomic E-state index is 0.185. The van der Waals surface area contributed by atoms with Crippen LogP contribution in [0, 0.1) is 0 Å². The summed E-state index contributed by atoms with van der Waals surface area (Å²) >= 11 is 15.0. The molecule has 0 heterocycles. The molecular formula is C17H15BrCl2N2O3. The summed E-state index contributed by atoms with van der Waals surface area (Å²) in [4.78, 5) is 24.0. The van der Waals surface area contributed by atoms with Crippen LogP contribution in [-0.2, 0) is 16.1 Å². The number of rotatable bonds is 7. The molecule has 0 spiro atoms. The van der Waals surface area contributed by atoms with E-state index in [2.05, 4.69) is 21.2 Å². The molecule has 3 N–H and O–H groups in total. The van der Waals surface area contributed by atoms with E-state index < -0.39 is 17.7 Å². The van der Waals surface area contributed by atoms with Gasteiger partial charge in [0.2, 0.25) is 5.91 Å². The average molecular weight is 446 g/mol. The predicted octanol–water partition coefficient (Wildman–Crippen LogP) is 3.35. The van der Waals surface area contributed by atoms with Crippen molar-refractivity contribution in [1.29, 1.82) is 0 Å². The Bertz CT molecular complexity index is 769. The van der Waals surface area contributed by atoms with Crippen LogP contribution in [0.15, 0.2) is 46.9 Å². The third kappa shape index (κ3) is 6.01. The van der Waals surface area contributed by atoms with Gasteiger partial charge in [0, 0.05) is 11.0 Å². The maximum atomic E-state index is 12.0. The van der Waals surface area contributed by atoms with Crippen LogP contribution >= 0.6 is 39.1 Å². The van der Waals surface area contributed by atoms with Gasteiger partial charge in [0.15, 0.2) is 5.78 Å². The second kappa shape index (κ2) is 9.20. The summed E-state index contributed by atoms with van der Waals surface area (Å²) in [7, 11) is 0. The smallest absolute Gasteiger partial charge is 0.245 e. The van der Waals surface area contributed by atoms with Crippen molar-refractivity contribution in [2.45, 2.75) is 12.6 Å². The maximum absolute atomic E-state index is 12.0. The fourth-order valence-corrected chi connectivity index (χ4v) is 2.46. The van der Waals surface area contributed by atoms with Gasteiger partial charge >= 0.3 is 0 Å². The molecule has 0 aromatic heterocycles. The van der Waals surface area contributed by atoms with Crippen LogP contribution in [0.1, 0.15) is 5.56 Å². The number of Topliss-reactive ketones (excluding diaryl/α,β-unsaturated/α-hetero) is 1. The van der Waals surface area contributed by atoms with E-state index >= 15 is 0 Å². The molecule has 5 nitrogen and oxygen atoms in total. The van der Waals surface area contributed by atoms with E-state index in [0.717, 1.165) is 10.0 Å². The predicted molar refractivity (Wildman–Crippen MR) is 101 cm³/mol. The molecule has 25 heavy (non-hydrogen) atoms. The molecule has 1 unspecified atom stereocenters. The number of nitrogens with one attached hydrogen (secondary N) is 1. The topological polar surface area (TPSA) is 81.4 Å². The molecule has 2 aromatic carbocycles. The Hall–Kier alpha value is -1.60. The van der Waals surface area contributed by atoms with Crippen molar-refractivity contribution >= 4 is 50.8 Å². The number of hydrogen-bond donors (Lipinski definition) is 2. The molecule has 1 amide bonds. The Kier molecular flexibility index (Phi) is 7.25. The molecule has 2 rings (SSSR count). The highest BCUT2D eigenvalue weighted by atomic mass is 79.9. The molecular weight excluding hydrogens is 431 g/mol. The molecule has 1 atom stereocenters. The van der Waals surface area contributed by atoms with Crippen LogP contribution < -0.4 is 15.8 Å². The van der Waals surface area contributed by atoms with Crippen molar-refractivity contribution in [2.75, 3.05) is 6.61 Å². The number of amides is 1. The molecule has 0 bridgehead atoms. The van der Waals surface area contributed by atoms with Crippen LogP contribution in [0.3, 0.4) is 0 Å². The SMILES string of the molecule is NC(C(=O)COc1ccc(Br)cc1)C(=O)NCc1ccc(Cl)c(Cl)c1. The van der Waals surface area contributed by atoms with Crippen LogP contribution in [0.5, 0.6) is 5.75 Å². The van der Waals surface area contributed by atoms with Crippen molar-refractivity contribution in [2.24, 2.45) is 5.73 Å². The van der Waals surface area contributed by atoms with Gasteiger partial charge in [-0.25, -0.2) is 0 Å². The minimum Gasteiger partial charge on any atom is -0.486 e. The summed E-state index contributed by atoms with van der Waals surface area (Å²) in [5.74, 6) is -0.593. The van der Waals surface area contributed by atoms with Gasteiger partial charge < -0.3 is 15.8 Å². The molecule has 0 saturated carbocycles. The molecule has 0 aliphatic rings. The summed E-state index contributed by atoms with van der Waals surface area (Å²) in [5.41, 5.74) is 6.41. The Morgan fingerprint density at radius 1 is 1.12 bits per heavy atom. The third-order valence-corrected chi connectivity index (χ3v) is 4.54. The van der Waals surface area contributed by atoms with Crippen molar-refractivity contribution < 1.29 is 14.3 Å². The highest BCUT2D eigenvalue weighted by Gasteiger charge is 2.22. The van der Waals surface area contributed by atoms with E-state index in [0.29, 0.717) is 15.8 Å². The van der Waals surface area contributed by atoms with E-state index in [1.165, 1.54) is 0 Å². The fraction of sp³-hybridized carbons (Fsp3) is 0.176. The van der Waals surface area contributed by atoms with E-state index in [9.17, 15) is 9.59 Å². The first-order chi connectivity index (χ1) is 11.9. The first-order valence-electron chi connectivity index (χ1n) is 7.25. The Balaban J connectivity index is 1.82. The Morgan fingerprint density at radius 2 is 1.80 bits per heavy atom. The van der Waals surface area contributed by atoms with Gasteiger partial charge in [-0.15, -0.1) is 0 Å². The molecule has 132 valence electrons. The zero-order valence-corrected chi connectivity index (χ0v) is 16.1. The van der Waals surface area contributed by atoms with Gasteiger partial charge in [-0.3, -0.25) is 9.59 Å². The largest absolute Gasteiger partial charge is 0.486 e. The number of carbonyl (C=O) groups excluding carboxylic acids is 2. The van der Waals surface area contributed by atoms with Crippen LogP contribution in [0.25, 0.3) is 0 Å². The van der Waals surface area contributed by atoms with Crippen LogP contribution in [0.4, 0.5) is 0 Å². The molecule has 0 saturated heterocycles. The monoisotopic (exact) mass is 444 g/mol. The second-order valence-corrected chi connectivity index (χ2v) is 6.88. The molecule has 0 aliphatic carbocycles. The average Bonchev–Trinajstić information content (AvgIpc) is 2.61. The third-order valence-electron chi connectivity index (χ3n) is 3.27. The van der Waals surface area contributed by atoms with Crippen molar-refractivity contribution in [3.05, 3.63) is 62.5 Å². The molecule has 0 aliphatic heterocycles. The van der Waals surface area contributed by atoms with Crippen molar-refractivity contribution in [3.8, 4) is 5.75 Å². The van der Waals surface area contributed by atoms with Gasteiger partial charge in [0.25, 0.3) is 0 Å². The Morgan fingerprint density at radius 3 is 2.44 bits per heavy atom. The highest BCUT2D eigenvalue weighted by molar-refractivity contribution is 9.10. The van der Waals surface area contributed by atoms with Gasteiger partial charge in [-0.2, -0.15) is 0 Å². The van der Waals surface area contributed by atoms with Crippen LogP contribution in [-0.4, -0.2) is 24.3 Å². The van der Waals surface area contributed by atoms with E-state index in [4.69, 9.17) is 33.7 Å². The summed E-state index contributed by atoms with van der Waals surface area (Å²) in [6, 6.07) is 10.6.